The Morgan fingerprint density at radius 1 is 1.02 bits per heavy atom. The average Bonchev–Trinajstić information content (AvgIpc) is 3.29. The number of benzene rings is 2. The molecule has 206 valence electrons. The molecule has 0 unspecified atom stereocenters. The summed E-state index contributed by atoms with van der Waals surface area (Å²) in [6, 6.07) is 18.2. The highest BCUT2D eigenvalue weighted by Gasteiger charge is 2.30. The molecule has 2 aromatic heterocycles. The largest absolute Gasteiger partial charge is 0.479 e. The Morgan fingerprint density at radius 2 is 1.73 bits per heavy atom. The van der Waals surface area contributed by atoms with Crippen molar-refractivity contribution >= 4 is 23.2 Å². The van der Waals surface area contributed by atoms with Gasteiger partial charge in [0.05, 0.1) is 11.3 Å². The maximum atomic E-state index is 13.3. The van der Waals surface area contributed by atoms with E-state index in [-0.39, 0.29) is 22.9 Å². The van der Waals surface area contributed by atoms with Gasteiger partial charge >= 0.3 is 5.97 Å². The van der Waals surface area contributed by atoms with Crippen LogP contribution in [0.15, 0.2) is 60.8 Å². The number of aliphatic carboxylic acids is 1. The molecule has 0 bridgehead atoms. The minimum atomic E-state index is -1.16. The van der Waals surface area contributed by atoms with Crippen LogP contribution < -0.4 is 10.5 Å². The van der Waals surface area contributed by atoms with E-state index in [0.717, 1.165) is 53.8 Å². The van der Waals surface area contributed by atoms with Crippen LogP contribution in [0.3, 0.4) is 0 Å². The molecule has 1 saturated carbocycles. The van der Waals surface area contributed by atoms with Gasteiger partial charge in [-0.2, -0.15) is 0 Å². The summed E-state index contributed by atoms with van der Waals surface area (Å²) in [4.78, 5) is 41.7. The number of rotatable bonds is 10. The van der Waals surface area contributed by atoms with Gasteiger partial charge < -0.3 is 20.0 Å². The van der Waals surface area contributed by atoms with Crippen molar-refractivity contribution in [1.82, 2.24) is 9.38 Å². The number of aromatic nitrogens is 2. The van der Waals surface area contributed by atoms with Crippen molar-refractivity contribution in [3.05, 3.63) is 88.9 Å². The fourth-order valence-electron chi connectivity index (χ4n) is 5.89. The van der Waals surface area contributed by atoms with Crippen molar-refractivity contribution in [1.29, 1.82) is 0 Å². The molecule has 0 atom stereocenters. The Balaban J connectivity index is 1.77. The summed E-state index contributed by atoms with van der Waals surface area (Å²) in [6.07, 6.45) is 8.15. The van der Waals surface area contributed by atoms with Crippen LogP contribution in [0.4, 0.5) is 0 Å². The van der Waals surface area contributed by atoms with Gasteiger partial charge in [0.15, 0.2) is 6.61 Å². The van der Waals surface area contributed by atoms with Gasteiger partial charge in [0, 0.05) is 24.2 Å². The van der Waals surface area contributed by atoms with Crippen LogP contribution in [0.2, 0.25) is 0 Å². The number of hydrogen-bond donors (Lipinski definition) is 2. The van der Waals surface area contributed by atoms with Crippen LogP contribution in [-0.2, 0) is 22.4 Å². The molecule has 0 radical (unpaired) electrons. The SMILES string of the molecule is CCc1c(C(=O)C(N)=O)c2c(OCC(=O)O)nc(C3CCCCC3)cn2c1Cc1ccccc1-c1ccccc1. The number of nitrogens with zero attached hydrogens (tertiary/aromatic N) is 2. The molecule has 4 aromatic rings. The van der Waals surface area contributed by atoms with Gasteiger partial charge in [-0.1, -0.05) is 80.8 Å². The van der Waals surface area contributed by atoms with Gasteiger partial charge in [-0.3, -0.25) is 9.59 Å². The molecule has 0 spiro atoms. The predicted molar refractivity (Wildman–Crippen MR) is 152 cm³/mol. The van der Waals surface area contributed by atoms with Crippen molar-refractivity contribution in [2.75, 3.05) is 6.61 Å². The number of hydrogen-bond acceptors (Lipinski definition) is 5. The molecule has 2 aromatic carbocycles. The van der Waals surface area contributed by atoms with Crippen molar-refractivity contribution in [2.24, 2.45) is 5.73 Å². The van der Waals surface area contributed by atoms with Crippen LogP contribution in [0.5, 0.6) is 5.88 Å². The molecule has 1 aliphatic carbocycles. The van der Waals surface area contributed by atoms with Crippen LogP contribution >= 0.6 is 0 Å². The number of carbonyl (C=O) groups excluding carboxylic acids is 2. The van der Waals surface area contributed by atoms with Gasteiger partial charge in [-0.05, 0) is 41.5 Å². The first-order chi connectivity index (χ1) is 19.4. The summed E-state index contributed by atoms with van der Waals surface area (Å²) in [6.45, 7) is 1.30. The highest BCUT2D eigenvalue weighted by Crippen LogP contribution is 2.38. The van der Waals surface area contributed by atoms with Gasteiger partial charge in [0.2, 0.25) is 5.88 Å². The van der Waals surface area contributed by atoms with Crippen LogP contribution in [0.1, 0.15) is 77.8 Å². The molecular formula is C32H33N3O5. The molecule has 40 heavy (non-hydrogen) atoms. The summed E-state index contributed by atoms with van der Waals surface area (Å²) in [5.41, 5.74) is 11.4. The lowest BCUT2D eigenvalue weighted by atomic mass is 9.87. The molecule has 1 fully saturated rings. The minimum Gasteiger partial charge on any atom is -0.479 e. The van der Waals surface area contributed by atoms with E-state index < -0.39 is 24.3 Å². The highest BCUT2D eigenvalue weighted by molar-refractivity contribution is 6.44. The second-order valence-corrected chi connectivity index (χ2v) is 10.3. The number of fused-ring (bicyclic) bond motifs is 1. The Labute approximate surface area is 232 Å². The lowest BCUT2D eigenvalue weighted by Gasteiger charge is -2.22. The van der Waals surface area contributed by atoms with Crippen LogP contribution in [0.25, 0.3) is 16.6 Å². The number of carboxylic acids is 1. The molecule has 0 aliphatic heterocycles. The topological polar surface area (TPSA) is 124 Å². The number of carboxylic acid groups (broad SMARTS) is 1. The number of amides is 1. The van der Waals surface area contributed by atoms with Gasteiger partial charge in [-0.15, -0.1) is 0 Å². The molecule has 3 N–H and O–H groups in total. The second-order valence-electron chi connectivity index (χ2n) is 10.3. The molecule has 8 nitrogen and oxygen atoms in total. The summed E-state index contributed by atoms with van der Waals surface area (Å²) >= 11 is 0. The zero-order chi connectivity index (χ0) is 28.2. The molecule has 5 rings (SSSR count). The molecule has 1 aliphatic rings. The zero-order valence-corrected chi connectivity index (χ0v) is 22.6. The first-order valence-corrected chi connectivity index (χ1v) is 13.8. The number of ether oxygens (including phenoxy) is 1. The number of carbonyl (C=O) groups is 3. The minimum absolute atomic E-state index is 0.0346. The number of primary amides is 1. The van der Waals surface area contributed by atoms with Crippen molar-refractivity contribution < 1.29 is 24.2 Å². The third kappa shape index (κ3) is 5.34. The van der Waals surface area contributed by atoms with Crippen LogP contribution in [0, 0.1) is 0 Å². The molecule has 0 saturated heterocycles. The Kier molecular flexibility index (Phi) is 7.96. The third-order valence-corrected chi connectivity index (χ3v) is 7.73. The van der Waals surface area contributed by atoms with Gasteiger partial charge in [-0.25, -0.2) is 9.78 Å². The fraction of sp³-hybridized carbons (Fsp3) is 0.312. The number of Topliss-reactive ketones (excluding diaryl/α,β-unsaturated/α-hetero) is 1. The van der Waals surface area contributed by atoms with E-state index in [1.54, 1.807) is 0 Å². The normalized spacial score (nSPS) is 13.8. The van der Waals surface area contributed by atoms with E-state index in [9.17, 15) is 19.5 Å². The molecular weight excluding hydrogens is 506 g/mol. The Hall–Kier alpha value is -4.46. The summed E-state index contributed by atoms with van der Waals surface area (Å²) < 4.78 is 7.60. The zero-order valence-electron chi connectivity index (χ0n) is 22.6. The van der Waals surface area contributed by atoms with Gasteiger partial charge in [0.25, 0.3) is 11.7 Å². The lowest BCUT2D eigenvalue weighted by molar-refractivity contribution is -0.139. The summed E-state index contributed by atoms with van der Waals surface area (Å²) in [7, 11) is 0. The monoisotopic (exact) mass is 539 g/mol. The predicted octanol–water partition coefficient (Wildman–Crippen LogP) is 5.33. The van der Waals surface area contributed by atoms with Crippen molar-refractivity contribution in [3.63, 3.8) is 0 Å². The summed E-state index contributed by atoms with van der Waals surface area (Å²) in [5, 5.41) is 9.37. The third-order valence-electron chi connectivity index (χ3n) is 7.73. The van der Waals surface area contributed by atoms with E-state index in [1.807, 2.05) is 47.9 Å². The molecule has 1 amide bonds. The maximum Gasteiger partial charge on any atom is 0.341 e. The lowest BCUT2D eigenvalue weighted by Crippen LogP contribution is -2.24. The number of nitrogens with two attached hydrogens (primary N) is 1. The Bertz CT molecular complexity index is 1570. The van der Waals surface area contributed by atoms with Crippen LogP contribution in [-0.4, -0.2) is 38.8 Å². The van der Waals surface area contributed by atoms with E-state index in [0.29, 0.717) is 18.4 Å². The standard InChI is InChI=1S/C32H33N3O5/c1-2-23-26(17-22-15-9-10-16-24(22)20-11-5-3-6-12-20)35-18-25(21-13-7-4-8-14-21)34-32(40-19-27(36)37)29(35)28(23)30(38)31(33)39/h3,5-6,9-12,15-16,18,21H,2,4,7-8,13-14,17,19H2,1H3,(H2,33,39)(H,36,37). The maximum absolute atomic E-state index is 13.3. The smallest absolute Gasteiger partial charge is 0.341 e. The number of ketones is 1. The highest BCUT2D eigenvalue weighted by atomic mass is 16.5. The second kappa shape index (κ2) is 11.7. The quantitative estimate of drug-likeness (QED) is 0.207. The molecule has 2 heterocycles. The van der Waals surface area contributed by atoms with Crippen molar-refractivity contribution in [3.8, 4) is 17.0 Å². The Morgan fingerprint density at radius 3 is 2.40 bits per heavy atom. The van der Waals surface area contributed by atoms with E-state index in [2.05, 4.69) is 24.3 Å². The van der Waals surface area contributed by atoms with Crippen molar-refractivity contribution in [2.45, 2.75) is 57.8 Å². The van der Waals surface area contributed by atoms with E-state index in [1.165, 1.54) is 6.42 Å². The first-order valence-electron chi connectivity index (χ1n) is 13.8. The van der Waals surface area contributed by atoms with Gasteiger partial charge in [0.1, 0.15) is 5.52 Å². The van der Waals surface area contributed by atoms with E-state index >= 15 is 0 Å². The fourth-order valence-corrected chi connectivity index (χ4v) is 5.89. The average molecular weight is 540 g/mol. The summed E-state index contributed by atoms with van der Waals surface area (Å²) in [5.74, 6) is -2.86. The first kappa shape index (κ1) is 27.1. The molecule has 8 heteroatoms. The van der Waals surface area contributed by atoms with E-state index in [4.69, 9.17) is 15.5 Å².